The van der Waals surface area contributed by atoms with Crippen LogP contribution in [0.5, 0.6) is 0 Å². The summed E-state index contributed by atoms with van der Waals surface area (Å²) in [4.78, 5) is 26.0. The third-order valence-electron chi connectivity index (χ3n) is 4.15. The first-order valence-corrected chi connectivity index (χ1v) is 8.40. The molecule has 0 saturated heterocycles. The van der Waals surface area contributed by atoms with Crippen LogP contribution in [0.1, 0.15) is 17.5 Å². The van der Waals surface area contributed by atoms with E-state index in [1.165, 1.54) is 10.1 Å². The number of nitrogens with zero attached hydrogens (tertiary/aromatic N) is 2. The predicted molar refractivity (Wildman–Crippen MR) is 97.8 cm³/mol. The second-order valence-electron chi connectivity index (χ2n) is 6.12. The van der Waals surface area contributed by atoms with Gasteiger partial charge < -0.3 is 9.32 Å². The van der Waals surface area contributed by atoms with E-state index in [0.717, 1.165) is 5.56 Å². The summed E-state index contributed by atoms with van der Waals surface area (Å²) >= 11 is 5.90. The molecule has 0 atom stereocenters. The van der Waals surface area contributed by atoms with E-state index in [9.17, 15) is 9.59 Å². The summed E-state index contributed by atoms with van der Waals surface area (Å²) in [6, 6.07) is 13.1. The summed E-state index contributed by atoms with van der Waals surface area (Å²) < 4.78 is 6.64. The average Bonchev–Trinajstić information content (AvgIpc) is 2.89. The van der Waals surface area contributed by atoms with E-state index in [4.69, 9.17) is 16.0 Å². The van der Waals surface area contributed by atoms with Gasteiger partial charge in [0.15, 0.2) is 5.58 Å². The molecule has 3 aromatic rings. The molecule has 6 heteroatoms. The van der Waals surface area contributed by atoms with Gasteiger partial charge in [-0.1, -0.05) is 41.4 Å². The Kier molecular flexibility index (Phi) is 4.95. The number of aromatic nitrogens is 1. The molecule has 0 unspecified atom stereocenters. The first kappa shape index (κ1) is 17.3. The number of fused-ring (bicyclic) bond motifs is 1. The fourth-order valence-corrected chi connectivity index (χ4v) is 2.87. The van der Waals surface area contributed by atoms with Crippen LogP contribution in [0.3, 0.4) is 0 Å². The molecule has 0 spiro atoms. The van der Waals surface area contributed by atoms with Crippen molar-refractivity contribution in [3.8, 4) is 0 Å². The maximum Gasteiger partial charge on any atom is 0.419 e. The number of hydrogen-bond acceptors (Lipinski definition) is 3. The van der Waals surface area contributed by atoms with Crippen molar-refractivity contribution in [2.75, 3.05) is 7.05 Å². The maximum atomic E-state index is 12.4. The predicted octanol–water partition coefficient (Wildman–Crippen LogP) is 3.61. The molecule has 0 aliphatic heterocycles. The van der Waals surface area contributed by atoms with Crippen LogP contribution in [0, 0.1) is 6.92 Å². The maximum absolute atomic E-state index is 12.4. The Hall–Kier alpha value is -2.53. The smallest absolute Gasteiger partial charge is 0.408 e. The van der Waals surface area contributed by atoms with Crippen molar-refractivity contribution in [3.05, 3.63) is 69.2 Å². The second kappa shape index (κ2) is 7.15. The van der Waals surface area contributed by atoms with Gasteiger partial charge in [0.1, 0.15) is 0 Å². The molecule has 0 N–H and O–H groups in total. The van der Waals surface area contributed by atoms with Gasteiger partial charge in [-0.3, -0.25) is 9.36 Å². The number of hydrogen-bond donors (Lipinski definition) is 0. The Bertz CT molecular complexity index is 957. The fraction of sp³-hybridized carbons (Fsp3) is 0.263. The molecule has 2 aromatic carbocycles. The van der Waals surface area contributed by atoms with E-state index >= 15 is 0 Å². The number of halogens is 1. The van der Waals surface area contributed by atoms with Crippen LogP contribution in [-0.4, -0.2) is 22.4 Å². The van der Waals surface area contributed by atoms with Gasteiger partial charge in [-0.15, -0.1) is 0 Å². The van der Waals surface area contributed by atoms with Crippen LogP contribution in [0.2, 0.25) is 5.02 Å². The molecule has 0 aliphatic carbocycles. The third kappa shape index (κ3) is 3.94. The van der Waals surface area contributed by atoms with Gasteiger partial charge in [0.25, 0.3) is 0 Å². The van der Waals surface area contributed by atoms with Crippen molar-refractivity contribution in [1.82, 2.24) is 9.47 Å². The first-order valence-electron chi connectivity index (χ1n) is 8.02. The van der Waals surface area contributed by atoms with E-state index in [0.29, 0.717) is 22.7 Å². The summed E-state index contributed by atoms with van der Waals surface area (Å²) in [5, 5.41) is 0.502. The third-order valence-corrected chi connectivity index (χ3v) is 4.38. The van der Waals surface area contributed by atoms with Crippen molar-refractivity contribution in [2.24, 2.45) is 0 Å². The molecule has 3 rings (SSSR count). The van der Waals surface area contributed by atoms with Gasteiger partial charge in [0, 0.05) is 37.6 Å². The van der Waals surface area contributed by atoms with E-state index in [2.05, 4.69) is 0 Å². The molecule has 0 bridgehead atoms. The zero-order chi connectivity index (χ0) is 18.0. The minimum absolute atomic E-state index is 0.0317. The molecule has 25 heavy (non-hydrogen) atoms. The van der Waals surface area contributed by atoms with E-state index in [1.54, 1.807) is 30.1 Å². The minimum atomic E-state index is -0.480. The average molecular weight is 359 g/mol. The SMILES string of the molecule is Cc1ccc(CN(C)C(=O)CCn2c(=O)oc3cc(Cl)ccc32)cc1. The van der Waals surface area contributed by atoms with Crippen LogP contribution in [-0.2, 0) is 17.9 Å². The molecular weight excluding hydrogens is 340 g/mol. The Morgan fingerprint density at radius 3 is 2.64 bits per heavy atom. The van der Waals surface area contributed by atoms with Crippen LogP contribution in [0.15, 0.2) is 51.7 Å². The molecule has 0 saturated carbocycles. The van der Waals surface area contributed by atoms with Gasteiger partial charge in [-0.05, 0) is 24.6 Å². The van der Waals surface area contributed by atoms with Crippen molar-refractivity contribution in [2.45, 2.75) is 26.4 Å². The highest BCUT2D eigenvalue weighted by molar-refractivity contribution is 6.31. The van der Waals surface area contributed by atoms with Gasteiger partial charge in [-0.25, -0.2) is 4.79 Å². The highest BCUT2D eigenvalue weighted by atomic mass is 35.5. The molecule has 5 nitrogen and oxygen atoms in total. The van der Waals surface area contributed by atoms with E-state index in [-0.39, 0.29) is 18.9 Å². The lowest BCUT2D eigenvalue weighted by Crippen LogP contribution is -2.28. The lowest BCUT2D eigenvalue weighted by Gasteiger charge is -2.17. The quantitative estimate of drug-likeness (QED) is 0.700. The number of carbonyl (C=O) groups excluding carboxylic acids is 1. The molecule has 1 heterocycles. The summed E-state index contributed by atoms with van der Waals surface area (Å²) in [6.07, 6.45) is 0.222. The van der Waals surface area contributed by atoms with Gasteiger partial charge in [-0.2, -0.15) is 0 Å². The molecule has 130 valence electrons. The molecule has 0 fully saturated rings. The van der Waals surface area contributed by atoms with Crippen molar-refractivity contribution in [3.63, 3.8) is 0 Å². The van der Waals surface area contributed by atoms with Gasteiger partial charge >= 0.3 is 5.76 Å². The largest absolute Gasteiger partial charge is 0.419 e. The van der Waals surface area contributed by atoms with Crippen LogP contribution >= 0.6 is 11.6 Å². The van der Waals surface area contributed by atoms with Gasteiger partial charge in [0.2, 0.25) is 5.91 Å². The molecule has 0 radical (unpaired) electrons. The fourth-order valence-electron chi connectivity index (χ4n) is 2.71. The number of oxazole rings is 1. The van der Waals surface area contributed by atoms with Crippen LogP contribution in [0.4, 0.5) is 0 Å². The highest BCUT2D eigenvalue weighted by Gasteiger charge is 2.14. The van der Waals surface area contributed by atoms with Crippen LogP contribution < -0.4 is 5.76 Å². The number of aryl methyl sites for hydroxylation is 2. The van der Waals surface area contributed by atoms with E-state index in [1.807, 2.05) is 31.2 Å². The lowest BCUT2D eigenvalue weighted by molar-refractivity contribution is -0.130. The topological polar surface area (TPSA) is 55.5 Å². The summed E-state index contributed by atoms with van der Waals surface area (Å²) in [6.45, 7) is 2.83. The Balaban J connectivity index is 1.67. The Labute approximate surface area is 150 Å². The molecule has 0 aliphatic rings. The lowest BCUT2D eigenvalue weighted by atomic mass is 10.1. The first-order chi connectivity index (χ1) is 11.9. The normalized spacial score (nSPS) is 11.0. The zero-order valence-electron chi connectivity index (χ0n) is 14.2. The van der Waals surface area contributed by atoms with Crippen LogP contribution in [0.25, 0.3) is 11.1 Å². The second-order valence-corrected chi connectivity index (χ2v) is 6.55. The van der Waals surface area contributed by atoms with Crippen molar-refractivity contribution >= 4 is 28.6 Å². The monoisotopic (exact) mass is 358 g/mol. The number of rotatable bonds is 5. The van der Waals surface area contributed by atoms with E-state index < -0.39 is 5.76 Å². The zero-order valence-corrected chi connectivity index (χ0v) is 14.9. The van der Waals surface area contributed by atoms with Crippen molar-refractivity contribution < 1.29 is 9.21 Å². The summed E-state index contributed by atoms with van der Waals surface area (Å²) in [5.74, 6) is -0.512. The highest BCUT2D eigenvalue weighted by Crippen LogP contribution is 2.18. The Morgan fingerprint density at radius 2 is 1.92 bits per heavy atom. The number of benzene rings is 2. The standard InChI is InChI=1S/C19H19ClN2O3/c1-13-3-5-14(6-4-13)12-21(2)18(23)9-10-22-16-8-7-15(20)11-17(16)25-19(22)24/h3-8,11H,9-10,12H2,1-2H3. The summed E-state index contributed by atoms with van der Waals surface area (Å²) in [5.41, 5.74) is 3.33. The minimum Gasteiger partial charge on any atom is -0.408 e. The molecule has 1 amide bonds. The molecule has 1 aromatic heterocycles. The Morgan fingerprint density at radius 1 is 1.20 bits per heavy atom. The van der Waals surface area contributed by atoms with Gasteiger partial charge in [0.05, 0.1) is 5.52 Å². The number of amides is 1. The number of carbonyl (C=O) groups is 1. The summed E-state index contributed by atoms with van der Waals surface area (Å²) in [7, 11) is 1.76. The van der Waals surface area contributed by atoms with Crippen molar-refractivity contribution in [1.29, 1.82) is 0 Å². The molecular formula is C19H19ClN2O3.